The van der Waals surface area contributed by atoms with Gasteiger partial charge in [-0.1, -0.05) is 0 Å². The Hall–Kier alpha value is -1.11. The Morgan fingerprint density at radius 2 is 1.86 bits per heavy atom. The van der Waals surface area contributed by atoms with Crippen molar-refractivity contribution in [2.24, 2.45) is 11.8 Å². The lowest BCUT2D eigenvalue weighted by atomic mass is 10.2. The maximum Gasteiger partial charge on any atom is 0.226 e. The van der Waals surface area contributed by atoms with E-state index in [9.17, 15) is 18.0 Å². The van der Waals surface area contributed by atoms with Gasteiger partial charge < -0.3 is 9.80 Å². The normalized spacial score (nSPS) is 33.0. The van der Waals surface area contributed by atoms with E-state index in [-0.39, 0.29) is 41.2 Å². The van der Waals surface area contributed by atoms with E-state index in [1.165, 1.54) is 0 Å². The molecular formula is C15H24N2O4S. The van der Waals surface area contributed by atoms with Crippen LogP contribution >= 0.6 is 0 Å². The first-order chi connectivity index (χ1) is 10.4. The van der Waals surface area contributed by atoms with E-state index < -0.39 is 9.84 Å². The Bertz CT molecular complexity index is 568. The fourth-order valence-electron chi connectivity index (χ4n) is 3.74. The number of carbonyl (C=O) groups excluding carboxylic acids is 2. The van der Waals surface area contributed by atoms with Gasteiger partial charge >= 0.3 is 0 Å². The third-order valence-electron chi connectivity index (χ3n) is 5.12. The van der Waals surface area contributed by atoms with Crippen LogP contribution in [0.2, 0.25) is 0 Å². The topological polar surface area (TPSA) is 74.8 Å². The van der Waals surface area contributed by atoms with Crippen LogP contribution in [0.3, 0.4) is 0 Å². The van der Waals surface area contributed by atoms with Gasteiger partial charge in [0.2, 0.25) is 11.8 Å². The number of nitrogens with zero attached hydrogens (tertiary/aromatic N) is 2. The Morgan fingerprint density at radius 1 is 1.18 bits per heavy atom. The molecule has 2 aliphatic heterocycles. The molecular weight excluding hydrogens is 304 g/mol. The highest BCUT2D eigenvalue weighted by Gasteiger charge is 2.52. The number of rotatable bonds is 4. The molecule has 0 aromatic heterocycles. The SMILES string of the molecule is CCN(C(=O)C1CC1C(=O)N1CCCC1)C1CCS(=O)(=O)C1. The first-order valence-corrected chi connectivity index (χ1v) is 10.0. The van der Waals surface area contributed by atoms with Gasteiger partial charge in [-0.3, -0.25) is 9.59 Å². The minimum absolute atomic E-state index is 0.0258. The highest BCUT2D eigenvalue weighted by molar-refractivity contribution is 7.91. The van der Waals surface area contributed by atoms with Crippen molar-refractivity contribution in [3.8, 4) is 0 Å². The zero-order valence-corrected chi connectivity index (χ0v) is 13.8. The van der Waals surface area contributed by atoms with Gasteiger partial charge in [0.1, 0.15) is 0 Å². The summed E-state index contributed by atoms with van der Waals surface area (Å²) >= 11 is 0. The van der Waals surface area contributed by atoms with Crippen molar-refractivity contribution in [2.45, 2.75) is 38.6 Å². The molecule has 0 radical (unpaired) electrons. The largest absolute Gasteiger partial charge is 0.342 e. The molecule has 1 aliphatic carbocycles. The molecule has 0 bridgehead atoms. The van der Waals surface area contributed by atoms with E-state index in [0.717, 1.165) is 25.9 Å². The molecule has 22 heavy (non-hydrogen) atoms. The molecule has 0 N–H and O–H groups in total. The molecule has 2 saturated heterocycles. The fraction of sp³-hybridized carbons (Fsp3) is 0.867. The van der Waals surface area contributed by atoms with Crippen molar-refractivity contribution >= 4 is 21.7 Å². The Balaban J connectivity index is 1.60. The molecule has 2 amide bonds. The molecule has 3 rings (SSSR count). The summed E-state index contributed by atoms with van der Waals surface area (Å²) in [5, 5.41) is 0. The standard InChI is InChI=1S/C15H24N2O4S/c1-2-17(11-5-8-22(20,21)10-11)15(19)13-9-12(13)14(18)16-6-3-4-7-16/h11-13H,2-10H2,1H3. The van der Waals surface area contributed by atoms with Crippen molar-refractivity contribution in [3.05, 3.63) is 0 Å². The van der Waals surface area contributed by atoms with Crippen molar-refractivity contribution in [3.63, 3.8) is 0 Å². The van der Waals surface area contributed by atoms with Crippen molar-refractivity contribution in [2.75, 3.05) is 31.1 Å². The molecule has 124 valence electrons. The van der Waals surface area contributed by atoms with E-state index in [2.05, 4.69) is 0 Å². The minimum atomic E-state index is -3.00. The zero-order valence-electron chi connectivity index (χ0n) is 13.0. The van der Waals surface area contributed by atoms with Gasteiger partial charge in [0.15, 0.2) is 9.84 Å². The fourth-order valence-corrected chi connectivity index (χ4v) is 5.47. The second kappa shape index (κ2) is 5.83. The number of carbonyl (C=O) groups is 2. The zero-order chi connectivity index (χ0) is 15.9. The maximum atomic E-state index is 12.6. The lowest BCUT2D eigenvalue weighted by Crippen LogP contribution is -2.42. The third-order valence-corrected chi connectivity index (χ3v) is 6.87. The smallest absolute Gasteiger partial charge is 0.226 e. The van der Waals surface area contributed by atoms with Gasteiger partial charge in [0, 0.05) is 25.7 Å². The van der Waals surface area contributed by atoms with Crippen LogP contribution in [0.15, 0.2) is 0 Å². The predicted molar refractivity (Wildman–Crippen MR) is 81.9 cm³/mol. The average molecular weight is 328 g/mol. The van der Waals surface area contributed by atoms with E-state index >= 15 is 0 Å². The molecule has 2 heterocycles. The number of amides is 2. The Labute approximate surface area is 131 Å². The molecule has 1 saturated carbocycles. The third kappa shape index (κ3) is 3.00. The second-order valence-electron chi connectivity index (χ2n) is 6.66. The summed E-state index contributed by atoms with van der Waals surface area (Å²) in [5.74, 6) is -0.0613. The highest BCUT2D eigenvalue weighted by Crippen LogP contribution is 2.42. The summed E-state index contributed by atoms with van der Waals surface area (Å²) in [6.45, 7) is 4.02. The molecule has 3 unspecified atom stereocenters. The number of hydrogen-bond donors (Lipinski definition) is 0. The van der Waals surface area contributed by atoms with Crippen molar-refractivity contribution < 1.29 is 18.0 Å². The molecule has 3 fully saturated rings. The van der Waals surface area contributed by atoms with Crippen LogP contribution in [0.5, 0.6) is 0 Å². The van der Waals surface area contributed by atoms with E-state index in [1.807, 2.05) is 11.8 Å². The number of likely N-dealkylation sites (tertiary alicyclic amines) is 1. The first-order valence-electron chi connectivity index (χ1n) is 8.22. The van der Waals surface area contributed by atoms with Crippen molar-refractivity contribution in [1.82, 2.24) is 9.80 Å². The van der Waals surface area contributed by atoms with Crippen LogP contribution in [0.25, 0.3) is 0 Å². The number of sulfone groups is 1. The van der Waals surface area contributed by atoms with Crippen LogP contribution < -0.4 is 0 Å². The molecule has 6 nitrogen and oxygen atoms in total. The minimum Gasteiger partial charge on any atom is -0.342 e. The Morgan fingerprint density at radius 3 is 2.41 bits per heavy atom. The van der Waals surface area contributed by atoms with E-state index in [4.69, 9.17) is 0 Å². The quantitative estimate of drug-likeness (QED) is 0.743. The lowest BCUT2D eigenvalue weighted by Gasteiger charge is -2.27. The summed E-state index contributed by atoms with van der Waals surface area (Å²) < 4.78 is 23.2. The van der Waals surface area contributed by atoms with Gasteiger partial charge in [0.25, 0.3) is 0 Å². The monoisotopic (exact) mass is 328 g/mol. The molecule has 3 aliphatic rings. The Kier molecular flexibility index (Phi) is 4.18. The van der Waals surface area contributed by atoms with Crippen LogP contribution in [0.1, 0.15) is 32.6 Å². The van der Waals surface area contributed by atoms with Gasteiger partial charge in [0.05, 0.1) is 23.3 Å². The van der Waals surface area contributed by atoms with Crippen LogP contribution in [-0.2, 0) is 19.4 Å². The summed E-state index contributed by atoms with van der Waals surface area (Å²) in [6.07, 6.45) is 3.26. The maximum absolute atomic E-state index is 12.6. The van der Waals surface area contributed by atoms with Gasteiger partial charge in [-0.25, -0.2) is 8.42 Å². The predicted octanol–water partition coefficient (Wildman–Crippen LogP) is 0.281. The first kappa shape index (κ1) is 15.8. The van der Waals surface area contributed by atoms with Crippen LogP contribution in [0, 0.1) is 11.8 Å². The summed E-state index contributed by atoms with van der Waals surface area (Å²) in [7, 11) is -3.00. The number of hydrogen-bond acceptors (Lipinski definition) is 4. The van der Waals surface area contributed by atoms with Gasteiger partial charge in [-0.2, -0.15) is 0 Å². The highest BCUT2D eigenvalue weighted by atomic mass is 32.2. The molecule has 3 atom stereocenters. The molecule has 0 aromatic rings. The summed E-state index contributed by atoms with van der Waals surface area (Å²) in [6, 6.07) is -0.203. The molecule has 7 heteroatoms. The second-order valence-corrected chi connectivity index (χ2v) is 8.89. The van der Waals surface area contributed by atoms with Gasteiger partial charge in [-0.15, -0.1) is 0 Å². The van der Waals surface area contributed by atoms with Gasteiger partial charge in [-0.05, 0) is 32.6 Å². The average Bonchev–Trinajstić information content (AvgIpc) is 2.91. The lowest BCUT2D eigenvalue weighted by molar-refractivity contribution is -0.138. The summed E-state index contributed by atoms with van der Waals surface area (Å²) in [4.78, 5) is 28.5. The van der Waals surface area contributed by atoms with Crippen LogP contribution in [0.4, 0.5) is 0 Å². The molecule has 0 spiro atoms. The molecule has 0 aromatic carbocycles. The van der Waals surface area contributed by atoms with Crippen LogP contribution in [-0.4, -0.2) is 67.2 Å². The van der Waals surface area contributed by atoms with Crippen molar-refractivity contribution in [1.29, 1.82) is 0 Å². The van der Waals surface area contributed by atoms with E-state index in [0.29, 0.717) is 19.4 Å². The summed E-state index contributed by atoms with van der Waals surface area (Å²) in [5.41, 5.74) is 0. The van der Waals surface area contributed by atoms with E-state index in [1.54, 1.807) is 4.90 Å².